The van der Waals surface area contributed by atoms with E-state index in [2.05, 4.69) is 23.9 Å². The molecule has 0 saturated carbocycles. The van der Waals surface area contributed by atoms with Crippen molar-refractivity contribution in [2.75, 3.05) is 13.7 Å². The van der Waals surface area contributed by atoms with Gasteiger partial charge in [-0.2, -0.15) is 5.10 Å². The molecule has 0 aliphatic rings. The molecule has 11 heteroatoms. The fourth-order valence-corrected chi connectivity index (χ4v) is 4.42. The number of halogens is 4. The van der Waals surface area contributed by atoms with E-state index < -0.39 is 17.9 Å². The first-order valence-corrected chi connectivity index (χ1v) is 13.9. The van der Waals surface area contributed by atoms with E-state index in [0.29, 0.717) is 40.9 Å². The lowest BCUT2D eigenvalue weighted by molar-refractivity contribution is -0.274. The molecule has 0 aliphatic carbocycles. The van der Waals surface area contributed by atoms with Crippen LogP contribution >= 0.6 is 11.6 Å². The van der Waals surface area contributed by atoms with E-state index in [-0.39, 0.29) is 18.4 Å². The fourth-order valence-electron chi connectivity index (χ4n) is 4.20. The van der Waals surface area contributed by atoms with Gasteiger partial charge in [-0.3, -0.25) is 4.68 Å². The summed E-state index contributed by atoms with van der Waals surface area (Å²) in [5, 5.41) is 8.46. The summed E-state index contributed by atoms with van der Waals surface area (Å²) in [6.45, 7) is 10.2. The molecule has 41 heavy (non-hydrogen) atoms. The Bertz CT molecular complexity index is 1310. The zero-order valence-electron chi connectivity index (χ0n) is 24.1. The molecule has 0 aliphatic heterocycles. The first kappa shape index (κ1) is 32.3. The second-order valence-electron chi connectivity index (χ2n) is 10.6. The summed E-state index contributed by atoms with van der Waals surface area (Å²) in [6, 6.07) is 12.9. The van der Waals surface area contributed by atoms with Crippen LogP contribution in [-0.4, -0.2) is 41.4 Å². The van der Waals surface area contributed by atoms with Crippen LogP contribution in [0.25, 0.3) is 11.3 Å². The number of benzene rings is 2. The van der Waals surface area contributed by atoms with Crippen LogP contribution in [0.1, 0.15) is 58.3 Å². The molecule has 0 radical (unpaired) electrons. The number of hydrogen-bond donors (Lipinski definition) is 1. The third kappa shape index (κ3) is 9.13. The second-order valence-corrected chi connectivity index (χ2v) is 11.0. The number of aryl methyl sites for hydroxylation is 1. The quantitative estimate of drug-likeness (QED) is 0.208. The summed E-state index contributed by atoms with van der Waals surface area (Å²) in [5.74, 6) is 0.0530. The SMILES string of the molecule is CCOC(=O)C(C)(C)Oc1ccc(C(Cc2cc(-c3ccc(OC(F)(F)F)cc3)nn2CCC(C)C)NC)cc1Cl. The highest BCUT2D eigenvalue weighted by molar-refractivity contribution is 6.32. The van der Waals surface area contributed by atoms with E-state index in [0.717, 1.165) is 17.7 Å². The molecule has 3 rings (SSSR count). The first-order chi connectivity index (χ1) is 19.2. The van der Waals surface area contributed by atoms with E-state index in [4.69, 9.17) is 26.2 Å². The van der Waals surface area contributed by atoms with Gasteiger partial charge in [0.1, 0.15) is 11.5 Å². The molecule has 0 fully saturated rings. The van der Waals surface area contributed by atoms with Crippen molar-refractivity contribution in [3.05, 3.63) is 64.8 Å². The van der Waals surface area contributed by atoms with Crippen molar-refractivity contribution < 1.29 is 32.2 Å². The van der Waals surface area contributed by atoms with Crippen LogP contribution in [0.3, 0.4) is 0 Å². The Kier molecular flexibility index (Phi) is 10.7. The lowest BCUT2D eigenvalue weighted by Gasteiger charge is -2.25. The van der Waals surface area contributed by atoms with Crippen LogP contribution < -0.4 is 14.8 Å². The Labute approximate surface area is 243 Å². The van der Waals surface area contributed by atoms with E-state index in [1.807, 2.05) is 23.9 Å². The summed E-state index contributed by atoms with van der Waals surface area (Å²) >= 11 is 6.57. The highest BCUT2D eigenvalue weighted by Gasteiger charge is 2.33. The van der Waals surface area contributed by atoms with Crippen molar-refractivity contribution in [1.29, 1.82) is 0 Å². The van der Waals surface area contributed by atoms with Gasteiger partial charge in [0.25, 0.3) is 0 Å². The first-order valence-electron chi connectivity index (χ1n) is 13.5. The number of hydrogen-bond acceptors (Lipinski definition) is 6. The number of alkyl halides is 3. The Hall–Kier alpha value is -3.24. The summed E-state index contributed by atoms with van der Waals surface area (Å²) in [5.41, 5.74) is 1.99. The molecule has 0 saturated heterocycles. The van der Waals surface area contributed by atoms with E-state index in [1.165, 1.54) is 12.1 Å². The molecular formula is C30H37ClF3N3O4. The van der Waals surface area contributed by atoms with Crippen LogP contribution in [0.4, 0.5) is 13.2 Å². The average Bonchev–Trinajstić information content (AvgIpc) is 3.29. The van der Waals surface area contributed by atoms with Crippen LogP contribution in [0.15, 0.2) is 48.5 Å². The van der Waals surface area contributed by atoms with Gasteiger partial charge in [-0.15, -0.1) is 13.2 Å². The average molecular weight is 596 g/mol. The summed E-state index contributed by atoms with van der Waals surface area (Å²) in [4.78, 5) is 12.2. The third-order valence-corrected chi connectivity index (χ3v) is 6.71. The van der Waals surface area contributed by atoms with Crippen LogP contribution in [0.5, 0.6) is 11.5 Å². The molecular weight excluding hydrogens is 559 g/mol. The summed E-state index contributed by atoms with van der Waals surface area (Å²) in [6.07, 6.45) is -3.27. The van der Waals surface area contributed by atoms with Crippen LogP contribution in [-0.2, 0) is 22.5 Å². The number of nitrogens with one attached hydrogen (secondary N) is 1. The number of ether oxygens (including phenoxy) is 3. The molecule has 1 heterocycles. The summed E-state index contributed by atoms with van der Waals surface area (Å²) in [7, 11) is 1.85. The van der Waals surface area contributed by atoms with Crippen molar-refractivity contribution >= 4 is 17.6 Å². The van der Waals surface area contributed by atoms with Gasteiger partial charge in [-0.1, -0.05) is 31.5 Å². The number of carbonyl (C=O) groups excluding carboxylic acids is 1. The van der Waals surface area contributed by atoms with Gasteiger partial charge in [-0.25, -0.2) is 4.79 Å². The van der Waals surface area contributed by atoms with Crippen molar-refractivity contribution in [3.8, 4) is 22.8 Å². The van der Waals surface area contributed by atoms with Gasteiger partial charge in [0.05, 0.1) is 17.3 Å². The maximum Gasteiger partial charge on any atom is 0.573 e. The molecule has 1 unspecified atom stereocenters. The highest BCUT2D eigenvalue weighted by Crippen LogP contribution is 2.33. The molecule has 0 spiro atoms. The monoisotopic (exact) mass is 595 g/mol. The predicted octanol–water partition coefficient (Wildman–Crippen LogP) is 7.37. The fraction of sp³-hybridized carbons (Fsp3) is 0.467. The Morgan fingerprint density at radius 3 is 2.32 bits per heavy atom. The van der Waals surface area contributed by atoms with Crippen molar-refractivity contribution in [2.45, 2.75) is 72.0 Å². The van der Waals surface area contributed by atoms with E-state index in [1.54, 1.807) is 45.0 Å². The number of esters is 1. The normalized spacial score (nSPS) is 12.9. The van der Waals surface area contributed by atoms with Crippen molar-refractivity contribution in [2.24, 2.45) is 5.92 Å². The third-order valence-electron chi connectivity index (χ3n) is 6.42. The molecule has 224 valence electrons. The zero-order valence-corrected chi connectivity index (χ0v) is 24.9. The van der Waals surface area contributed by atoms with E-state index in [9.17, 15) is 18.0 Å². The lowest BCUT2D eigenvalue weighted by atomic mass is 10.0. The highest BCUT2D eigenvalue weighted by atomic mass is 35.5. The number of carbonyl (C=O) groups is 1. The van der Waals surface area contributed by atoms with Crippen LogP contribution in [0.2, 0.25) is 5.02 Å². The molecule has 0 amide bonds. The molecule has 1 atom stereocenters. The minimum atomic E-state index is -4.75. The lowest BCUT2D eigenvalue weighted by Crippen LogP contribution is -2.39. The Morgan fingerprint density at radius 2 is 1.76 bits per heavy atom. The maximum absolute atomic E-state index is 12.6. The minimum Gasteiger partial charge on any atom is -0.475 e. The molecule has 3 aromatic rings. The van der Waals surface area contributed by atoms with Gasteiger partial charge in [0.15, 0.2) is 5.60 Å². The molecule has 1 N–H and O–H groups in total. The van der Waals surface area contributed by atoms with Gasteiger partial charge in [0, 0.05) is 30.3 Å². The van der Waals surface area contributed by atoms with Crippen LogP contribution in [0, 0.1) is 5.92 Å². The number of likely N-dealkylation sites (N-methyl/N-ethyl adjacent to an activating group) is 1. The smallest absolute Gasteiger partial charge is 0.475 e. The molecule has 1 aromatic heterocycles. The summed E-state index contributed by atoms with van der Waals surface area (Å²) < 4.78 is 54.6. The van der Waals surface area contributed by atoms with Gasteiger partial charge >= 0.3 is 12.3 Å². The minimum absolute atomic E-state index is 0.135. The van der Waals surface area contributed by atoms with E-state index >= 15 is 0 Å². The number of nitrogens with zero attached hydrogens (tertiary/aromatic N) is 2. The topological polar surface area (TPSA) is 74.6 Å². The Morgan fingerprint density at radius 1 is 1.07 bits per heavy atom. The van der Waals surface area contributed by atoms with Gasteiger partial charge in [-0.05, 0) is 88.2 Å². The standard InChI is InChI=1S/C30H37ClF3N3O4/c1-7-39-28(38)29(4,5)41-27-13-10-21(16-24(27)31)25(35-6)17-22-18-26(36-37(22)15-14-19(2)3)20-8-11-23(12-9-20)40-30(32,33)34/h8-13,16,18-19,25,35H,7,14-15,17H2,1-6H3. The van der Waals surface area contributed by atoms with Crippen molar-refractivity contribution in [3.63, 3.8) is 0 Å². The zero-order chi connectivity index (χ0) is 30.4. The molecule has 7 nitrogen and oxygen atoms in total. The molecule has 0 bridgehead atoms. The largest absolute Gasteiger partial charge is 0.573 e. The Balaban J connectivity index is 1.85. The van der Waals surface area contributed by atoms with Gasteiger partial charge in [0.2, 0.25) is 0 Å². The number of rotatable bonds is 13. The predicted molar refractivity (Wildman–Crippen MR) is 152 cm³/mol. The number of aromatic nitrogens is 2. The maximum atomic E-state index is 12.6. The van der Waals surface area contributed by atoms with Gasteiger partial charge < -0.3 is 19.5 Å². The molecule has 2 aromatic carbocycles. The van der Waals surface area contributed by atoms with Crippen molar-refractivity contribution in [1.82, 2.24) is 15.1 Å². The second kappa shape index (κ2) is 13.6.